The van der Waals surface area contributed by atoms with E-state index in [1.807, 2.05) is 48.5 Å². The van der Waals surface area contributed by atoms with E-state index in [4.69, 9.17) is 5.11 Å². The molecule has 154 valence electrons. The van der Waals surface area contributed by atoms with Crippen LogP contribution in [0.1, 0.15) is 5.56 Å². The zero-order chi connectivity index (χ0) is 20.4. The maximum atomic E-state index is 11.6. The van der Waals surface area contributed by atoms with Gasteiger partial charge in [-0.05, 0) is 17.5 Å². The Hall–Kier alpha value is -2.89. The molecule has 0 saturated carbocycles. The fraction of sp³-hybridized carbons (Fsp3) is 0.0455. The van der Waals surface area contributed by atoms with Crippen molar-refractivity contribution in [2.24, 2.45) is 13.8 Å². The van der Waals surface area contributed by atoms with E-state index in [0.29, 0.717) is 16.1 Å². The molecule has 8 heteroatoms. The van der Waals surface area contributed by atoms with Crippen molar-refractivity contribution >= 4 is 38.0 Å². The predicted molar refractivity (Wildman–Crippen MR) is 113 cm³/mol. The van der Waals surface area contributed by atoms with Gasteiger partial charge in [0.05, 0.1) is 5.36 Å². The Morgan fingerprint density at radius 2 is 1.53 bits per heavy atom. The molecule has 4 aromatic carbocycles. The molecule has 5 rings (SSSR count). The standard InChI is InChI=1S/C14H7N2O2S.C8H9NO.Pt/c17-19(18)15-13-11-7-3-1-5-9(11)10-6-2-4-8-12(10)14(13)16-19;1-9-6-7-4-2-3-5-8(7)10;/h1-7H;2-6,10H,1H3;/q-1;;. The number of rotatable bonds is 1. The molecule has 1 N–H and O–H groups in total. The number of nitrogens with zero attached hydrogens (tertiary/aromatic N) is 3. The van der Waals surface area contributed by atoms with Gasteiger partial charge in [0.1, 0.15) is 5.75 Å². The molecule has 0 bridgehead atoms. The second-order valence-corrected chi connectivity index (χ2v) is 7.54. The molecule has 0 spiro atoms. The largest absolute Gasteiger partial charge is 0.507 e. The first kappa shape index (κ1) is 21.8. The van der Waals surface area contributed by atoms with Gasteiger partial charge in [-0.15, -0.1) is 29.7 Å². The molecule has 1 aliphatic rings. The summed E-state index contributed by atoms with van der Waals surface area (Å²) in [5.74, 6) is 0.271. The first-order valence-electron chi connectivity index (χ1n) is 8.76. The van der Waals surface area contributed by atoms with Crippen LogP contribution in [0, 0.1) is 6.07 Å². The summed E-state index contributed by atoms with van der Waals surface area (Å²) in [4.78, 5) is 3.78. The molecule has 1 heterocycles. The first-order valence-corrected chi connectivity index (χ1v) is 10.2. The summed E-state index contributed by atoms with van der Waals surface area (Å²) in [7, 11) is -2.09. The van der Waals surface area contributed by atoms with Gasteiger partial charge in [0, 0.05) is 45.2 Å². The molecular formula is C22H16N3O3PtS-. The molecule has 6 nitrogen and oxygen atoms in total. The number of hydrogen-bond donors (Lipinski definition) is 1. The number of fused-ring (bicyclic) bond motifs is 6. The summed E-state index contributed by atoms with van der Waals surface area (Å²) in [6, 6.07) is 23.3. The summed E-state index contributed by atoms with van der Waals surface area (Å²) >= 11 is 0. The minimum absolute atomic E-state index is 0. The topological polar surface area (TPSA) is 91.5 Å². The third-order valence-electron chi connectivity index (χ3n) is 4.41. The van der Waals surface area contributed by atoms with Crippen LogP contribution in [0.3, 0.4) is 0 Å². The average Bonchev–Trinajstić information content (AvgIpc) is 3.06. The minimum atomic E-state index is -3.76. The van der Waals surface area contributed by atoms with Crippen LogP contribution in [-0.4, -0.2) is 26.8 Å². The Morgan fingerprint density at radius 3 is 2.27 bits per heavy atom. The zero-order valence-corrected chi connectivity index (χ0v) is 18.8. The first-order chi connectivity index (χ1) is 14.0. The molecule has 0 aromatic heterocycles. The van der Waals surface area contributed by atoms with Gasteiger partial charge in [-0.2, -0.15) is 17.2 Å². The van der Waals surface area contributed by atoms with Crippen molar-refractivity contribution in [2.45, 2.75) is 0 Å². The van der Waals surface area contributed by atoms with E-state index in [2.05, 4.69) is 19.9 Å². The van der Waals surface area contributed by atoms with Crippen LogP contribution >= 0.6 is 0 Å². The maximum Gasteiger partial charge on any atom is 0.354 e. The van der Waals surface area contributed by atoms with Crippen molar-refractivity contribution in [3.05, 3.63) is 89.1 Å². The SMILES string of the molecule is CN=Cc1ccccc1O.O=S1(=O)N=c2c(c3ccccc3c3ccc[c-]c23)=N1.[Pt]. The van der Waals surface area contributed by atoms with E-state index in [-0.39, 0.29) is 26.8 Å². The third kappa shape index (κ3) is 4.18. The van der Waals surface area contributed by atoms with E-state index in [0.717, 1.165) is 21.7 Å². The van der Waals surface area contributed by atoms with Gasteiger partial charge in [-0.1, -0.05) is 47.2 Å². The molecule has 30 heavy (non-hydrogen) atoms. The van der Waals surface area contributed by atoms with Crippen molar-refractivity contribution in [1.29, 1.82) is 0 Å². The van der Waals surface area contributed by atoms with Gasteiger partial charge >= 0.3 is 10.2 Å². The van der Waals surface area contributed by atoms with Crippen LogP contribution in [0.25, 0.3) is 21.5 Å². The number of para-hydroxylation sites is 1. The number of phenolic OH excluding ortho intramolecular Hbond substituents is 1. The minimum Gasteiger partial charge on any atom is -0.507 e. The fourth-order valence-corrected chi connectivity index (χ4v) is 4.06. The predicted octanol–water partition coefficient (Wildman–Crippen LogP) is 2.73. The molecular weight excluding hydrogens is 581 g/mol. The smallest absolute Gasteiger partial charge is 0.354 e. The van der Waals surface area contributed by atoms with Gasteiger partial charge in [0.15, 0.2) is 0 Å². The van der Waals surface area contributed by atoms with Gasteiger partial charge in [-0.25, -0.2) is 0 Å². The van der Waals surface area contributed by atoms with E-state index < -0.39 is 10.2 Å². The number of aliphatic imine (C=N–C) groups is 1. The molecule has 0 unspecified atom stereocenters. The second kappa shape index (κ2) is 8.86. The van der Waals surface area contributed by atoms with Crippen molar-refractivity contribution in [2.75, 3.05) is 7.05 Å². The Balaban J connectivity index is 0.000000200. The second-order valence-electron chi connectivity index (χ2n) is 6.28. The van der Waals surface area contributed by atoms with E-state index in [9.17, 15) is 8.42 Å². The molecule has 0 amide bonds. The van der Waals surface area contributed by atoms with E-state index >= 15 is 0 Å². The summed E-state index contributed by atoms with van der Waals surface area (Å²) in [6.45, 7) is 0. The van der Waals surface area contributed by atoms with Gasteiger partial charge in [-0.3, -0.25) is 4.99 Å². The molecule has 0 fully saturated rings. The average molecular weight is 598 g/mol. The van der Waals surface area contributed by atoms with E-state index in [1.54, 1.807) is 31.5 Å². The zero-order valence-electron chi connectivity index (χ0n) is 15.8. The normalized spacial score (nSPS) is 13.6. The monoisotopic (exact) mass is 597 g/mol. The van der Waals surface area contributed by atoms with Crippen LogP contribution in [0.15, 0.2) is 80.5 Å². The fourth-order valence-electron chi connectivity index (χ4n) is 3.20. The Labute approximate surface area is 187 Å². The molecule has 1 aliphatic heterocycles. The Bertz CT molecular complexity index is 1420. The summed E-state index contributed by atoms with van der Waals surface area (Å²) in [6.07, 6.45) is 1.62. The molecule has 0 atom stereocenters. The summed E-state index contributed by atoms with van der Waals surface area (Å²) < 4.78 is 30.7. The Morgan fingerprint density at radius 1 is 0.900 bits per heavy atom. The van der Waals surface area contributed by atoms with Crippen molar-refractivity contribution in [1.82, 2.24) is 0 Å². The number of hydrogen-bond acceptors (Lipinski definition) is 4. The summed E-state index contributed by atoms with van der Waals surface area (Å²) in [5.41, 5.74) is 0.755. The number of phenols is 1. The van der Waals surface area contributed by atoms with Crippen LogP contribution in [0.5, 0.6) is 5.75 Å². The number of benzene rings is 4. The molecule has 0 radical (unpaired) electrons. The van der Waals surface area contributed by atoms with Gasteiger partial charge in [0.2, 0.25) is 0 Å². The van der Waals surface area contributed by atoms with Gasteiger partial charge in [0.25, 0.3) is 0 Å². The number of aromatic hydroxyl groups is 1. The van der Waals surface area contributed by atoms with Crippen molar-refractivity contribution in [3.63, 3.8) is 0 Å². The van der Waals surface area contributed by atoms with Crippen molar-refractivity contribution < 1.29 is 34.6 Å². The van der Waals surface area contributed by atoms with Crippen LogP contribution in [0.2, 0.25) is 0 Å². The Kier molecular flexibility index (Phi) is 6.44. The van der Waals surface area contributed by atoms with Crippen LogP contribution in [-0.2, 0) is 31.3 Å². The molecule has 0 saturated heterocycles. The quantitative estimate of drug-likeness (QED) is 0.208. The van der Waals surface area contributed by atoms with Crippen LogP contribution < -0.4 is 10.7 Å². The third-order valence-corrected chi connectivity index (χ3v) is 5.23. The van der Waals surface area contributed by atoms with E-state index in [1.165, 1.54) is 0 Å². The molecule has 0 aliphatic carbocycles. The van der Waals surface area contributed by atoms with Gasteiger partial charge < -0.3 is 5.11 Å². The van der Waals surface area contributed by atoms with Crippen LogP contribution in [0.4, 0.5) is 0 Å². The summed E-state index contributed by atoms with van der Waals surface area (Å²) in [5, 5.41) is 13.4. The van der Waals surface area contributed by atoms with Crippen molar-refractivity contribution in [3.8, 4) is 5.75 Å². The molecule has 4 aromatic rings. The maximum absolute atomic E-state index is 11.6.